The van der Waals surface area contributed by atoms with Crippen molar-refractivity contribution in [3.8, 4) is 0 Å². The third kappa shape index (κ3) is 6.83. The van der Waals surface area contributed by atoms with Gasteiger partial charge < -0.3 is 13.7 Å². The van der Waals surface area contributed by atoms with Gasteiger partial charge in [0.15, 0.2) is 0 Å². The Kier molecular flexibility index (Phi) is 9.97. The zero-order valence-electron chi connectivity index (χ0n) is 35.4. The van der Waals surface area contributed by atoms with Gasteiger partial charge in [-0.25, -0.2) is 0 Å². The molecule has 0 aliphatic rings. The summed E-state index contributed by atoms with van der Waals surface area (Å²) in [5.74, 6) is 0. The van der Waals surface area contributed by atoms with Gasteiger partial charge in [-0.1, -0.05) is 67.4 Å². The number of aromatic nitrogens is 3. The number of hydrogen-bond donors (Lipinski definition) is 0. The summed E-state index contributed by atoms with van der Waals surface area (Å²) in [4.78, 5) is 0. The first-order valence-electron chi connectivity index (χ1n) is 21.7. The standard InChI is InChI=1S/C54H59N3/c1-8-55-51-31-38(5)20-24-46(51)54-42(27-39(6)32-53(54)55)16-12-14-26-57-50-30-37(4)19-23-45(50)47-34-41(40(7)33-52(47)57)15-11-9-10-13-25-56-48-28-35(2)17-21-43(48)44-22-18-36(3)29-49(44)56/h17-24,27-34H,8-16,25-26H2,1-7H3. The van der Waals surface area contributed by atoms with E-state index >= 15 is 0 Å². The Morgan fingerprint density at radius 3 is 1.37 bits per heavy atom. The maximum absolute atomic E-state index is 2.63. The van der Waals surface area contributed by atoms with Gasteiger partial charge in [0.2, 0.25) is 0 Å². The van der Waals surface area contributed by atoms with Crippen molar-refractivity contribution in [1.29, 1.82) is 0 Å². The highest BCUT2D eigenvalue weighted by Gasteiger charge is 2.17. The largest absolute Gasteiger partial charge is 0.341 e. The molecule has 0 saturated heterocycles. The maximum Gasteiger partial charge on any atom is 0.0496 e. The number of aryl methyl sites for hydroxylation is 11. The van der Waals surface area contributed by atoms with E-state index in [9.17, 15) is 0 Å². The fraction of sp³-hybridized carbons (Fsp3) is 0.333. The van der Waals surface area contributed by atoms with Crippen molar-refractivity contribution in [2.75, 3.05) is 0 Å². The molecule has 0 saturated carbocycles. The second-order valence-corrected chi connectivity index (χ2v) is 17.4. The molecule has 3 nitrogen and oxygen atoms in total. The third-order valence-electron chi connectivity index (χ3n) is 13.0. The summed E-state index contributed by atoms with van der Waals surface area (Å²) in [5.41, 5.74) is 19.4. The minimum atomic E-state index is 0.991. The molecule has 3 heterocycles. The van der Waals surface area contributed by atoms with Gasteiger partial charge in [0, 0.05) is 85.1 Å². The molecule has 0 unspecified atom stereocenters. The van der Waals surface area contributed by atoms with Crippen molar-refractivity contribution in [3.63, 3.8) is 0 Å². The molecule has 0 radical (unpaired) electrons. The van der Waals surface area contributed by atoms with Crippen LogP contribution in [0.4, 0.5) is 0 Å². The van der Waals surface area contributed by atoms with E-state index in [-0.39, 0.29) is 0 Å². The average Bonchev–Trinajstić information content (AvgIpc) is 3.77. The van der Waals surface area contributed by atoms with E-state index in [2.05, 4.69) is 159 Å². The van der Waals surface area contributed by atoms with Gasteiger partial charge >= 0.3 is 0 Å². The highest BCUT2D eigenvalue weighted by molar-refractivity contribution is 6.11. The second-order valence-electron chi connectivity index (χ2n) is 17.4. The lowest BCUT2D eigenvalue weighted by atomic mass is 9.98. The van der Waals surface area contributed by atoms with Gasteiger partial charge in [-0.15, -0.1) is 0 Å². The first kappa shape index (κ1) is 37.3. The highest BCUT2D eigenvalue weighted by atomic mass is 15.0. The minimum Gasteiger partial charge on any atom is -0.341 e. The zero-order chi connectivity index (χ0) is 39.4. The van der Waals surface area contributed by atoms with Crippen LogP contribution in [0.15, 0.2) is 97.1 Å². The molecule has 3 aromatic heterocycles. The van der Waals surface area contributed by atoms with Gasteiger partial charge in [-0.05, 0) is 174 Å². The summed E-state index contributed by atoms with van der Waals surface area (Å²) in [7, 11) is 0. The molecule has 6 aromatic carbocycles. The van der Waals surface area contributed by atoms with Crippen LogP contribution in [0.5, 0.6) is 0 Å². The summed E-state index contributed by atoms with van der Waals surface area (Å²) < 4.78 is 7.72. The van der Waals surface area contributed by atoms with Crippen LogP contribution in [0.1, 0.15) is 90.0 Å². The Bertz CT molecular complexity index is 2900. The molecule has 0 aliphatic carbocycles. The van der Waals surface area contributed by atoms with Crippen LogP contribution in [0.25, 0.3) is 65.4 Å². The van der Waals surface area contributed by atoms with E-state index in [1.807, 2.05) is 0 Å². The molecule has 9 aromatic rings. The first-order chi connectivity index (χ1) is 27.7. The Hall–Kier alpha value is -5.28. The van der Waals surface area contributed by atoms with E-state index < -0.39 is 0 Å². The second kappa shape index (κ2) is 15.2. The normalized spacial score (nSPS) is 12.2. The fourth-order valence-corrected chi connectivity index (χ4v) is 10.1. The van der Waals surface area contributed by atoms with Crippen molar-refractivity contribution in [2.24, 2.45) is 0 Å². The van der Waals surface area contributed by atoms with Crippen molar-refractivity contribution >= 4 is 65.4 Å². The van der Waals surface area contributed by atoms with Gasteiger partial charge in [0.25, 0.3) is 0 Å². The molecule has 0 atom stereocenters. The molecule has 290 valence electrons. The molecule has 0 N–H and O–H groups in total. The lowest BCUT2D eigenvalue weighted by Gasteiger charge is -2.12. The molecular weight excluding hydrogens is 691 g/mol. The average molecular weight is 750 g/mol. The lowest BCUT2D eigenvalue weighted by Crippen LogP contribution is -2.00. The molecule has 3 heteroatoms. The van der Waals surface area contributed by atoms with Crippen LogP contribution in [0.2, 0.25) is 0 Å². The molecule has 0 spiro atoms. The van der Waals surface area contributed by atoms with Crippen LogP contribution >= 0.6 is 0 Å². The Balaban J connectivity index is 0.889. The number of hydrogen-bond acceptors (Lipinski definition) is 0. The van der Waals surface area contributed by atoms with Crippen LogP contribution < -0.4 is 0 Å². The fourth-order valence-electron chi connectivity index (χ4n) is 10.1. The summed E-state index contributed by atoms with van der Waals surface area (Å²) in [6.45, 7) is 18.9. The highest BCUT2D eigenvalue weighted by Crippen LogP contribution is 2.36. The Labute approximate surface area is 338 Å². The van der Waals surface area contributed by atoms with Crippen molar-refractivity contribution in [1.82, 2.24) is 13.7 Å². The first-order valence-corrected chi connectivity index (χ1v) is 21.7. The number of unbranched alkanes of at least 4 members (excludes halogenated alkanes) is 4. The van der Waals surface area contributed by atoms with Crippen LogP contribution in [-0.2, 0) is 32.5 Å². The third-order valence-corrected chi connectivity index (χ3v) is 13.0. The van der Waals surface area contributed by atoms with Crippen LogP contribution in [-0.4, -0.2) is 13.7 Å². The van der Waals surface area contributed by atoms with Crippen molar-refractivity contribution in [2.45, 2.75) is 119 Å². The summed E-state index contributed by atoms with van der Waals surface area (Å²) in [6, 6.07) is 37.8. The topological polar surface area (TPSA) is 14.8 Å². The van der Waals surface area contributed by atoms with E-state index in [1.54, 1.807) is 0 Å². The lowest BCUT2D eigenvalue weighted by molar-refractivity contribution is 0.588. The quantitative estimate of drug-likeness (QED) is 0.104. The number of nitrogens with zero attached hydrogens (tertiary/aromatic N) is 3. The van der Waals surface area contributed by atoms with Crippen LogP contribution in [0.3, 0.4) is 0 Å². The molecule has 0 fully saturated rings. The van der Waals surface area contributed by atoms with Crippen LogP contribution in [0, 0.1) is 41.5 Å². The predicted molar refractivity (Wildman–Crippen MR) is 248 cm³/mol. The molecule has 9 rings (SSSR count). The summed E-state index contributed by atoms with van der Waals surface area (Å²) >= 11 is 0. The minimum absolute atomic E-state index is 0.991. The predicted octanol–water partition coefficient (Wildman–Crippen LogP) is 14.7. The van der Waals surface area contributed by atoms with Gasteiger partial charge in [0.1, 0.15) is 0 Å². The van der Waals surface area contributed by atoms with Gasteiger partial charge in [0.05, 0.1) is 0 Å². The van der Waals surface area contributed by atoms with E-state index in [0.717, 1.165) is 38.9 Å². The van der Waals surface area contributed by atoms with Crippen molar-refractivity contribution < 1.29 is 0 Å². The van der Waals surface area contributed by atoms with Crippen molar-refractivity contribution in [3.05, 3.63) is 142 Å². The van der Waals surface area contributed by atoms with E-state index in [4.69, 9.17) is 0 Å². The van der Waals surface area contributed by atoms with Gasteiger partial charge in [-0.2, -0.15) is 0 Å². The maximum atomic E-state index is 2.63. The molecule has 0 amide bonds. The monoisotopic (exact) mass is 749 g/mol. The number of fused-ring (bicyclic) bond motifs is 9. The smallest absolute Gasteiger partial charge is 0.0496 e. The summed E-state index contributed by atoms with van der Waals surface area (Å²) in [5, 5.41) is 8.45. The number of benzene rings is 6. The van der Waals surface area contributed by atoms with Gasteiger partial charge in [-0.3, -0.25) is 0 Å². The molecule has 0 aliphatic heterocycles. The molecule has 0 bridgehead atoms. The Morgan fingerprint density at radius 2 is 0.789 bits per heavy atom. The molecule has 57 heavy (non-hydrogen) atoms. The summed E-state index contributed by atoms with van der Waals surface area (Å²) in [6.07, 6.45) is 9.54. The van der Waals surface area contributed by atoms with E-state index in [1.165, 1.54) is 142 Å². The Morgan fingerprint density at radius 1 is 0.351 bits per heavy atom. The SMILES string of the molecule is CCn1c2cc(C)ccc2c2c(CCCCn3c4cc(C)ccc4c4cc(CCCCCCn5c6cc(C)ccc6c6ccc(C)cc65)c(C)cc43)cc(C)cc21. The number of rotatable bonds is 13. The van der Waals surface area contributed by atoms with E-state index in [0.29, 0.717) is 0 Å². The molecular formula is C54H59N3. The zero-order valence-corrected chi connectivity index (χ0v) is 35.4.